The average Bonchev–Trinajstić information content (AvgIpc) is 3.42. The lowest BCUT2D eigenvalue weighted by atomic mass is 10.2. The molecule has 30 heavy (non-hydrogen) atoms. The quantitative estimate of drug-likeness (QED) is 0.626. The molecule has 1 aliphatic heterocycles. The van der Waals surface area contributed by atoms with Gasteiger partial charge in [-0.05, 0) is 53.9 Å². The molecule has 7 heteroatoms. The Kier molecular flexibility index (Phi) is 6.06. The molecule has 0 bridgehead atoms. The molecule has 1 atom stereocenters. The van der Waals surface area contributed by atoms with Gasteiger partial charge in [0.25, 0.3) is 5.91 Å². The average molecular weight is 417 g/mol. The zero-order valence-electron chi connectivity index (χ0n) is 16.3. The van der Waals surface area contributed by atoms with Crippen molar-refractivity contribution >= 4 is 17.7 Å². The van der Waals surface area contributed by atoms with E-state index >= 15 is 0 Å². The van der Waals surface area contributed by atoms with E-state index in [-0.39, 0.29) is 11.4 Å². The third-order valence-electron chi connectivity index (χ3n) is 4.45. The molecule has 150 valence electrons. The summed E-state index contributed by atoms with van der Waals surface area (Å²) in [4.78, 5) is 16.8. The first-order valence-corrected chi connectivity index (χ1v) is 10.3. The van der Waals surface area contributed by atoms with Gasteiger partial charge in [0.05, 0.1) is 12.8 Å². The summed E-state index contributed by atoms with van der Waals surface area (Å²) in [6.07, 6.45) is 5.39. The Balaban J connectivity index is 1.35. The highest BCUT2D eigenvalue weighted by molar-refractivity contribution is 8.02. The van der Waals surface area contributed by atoms with Crippen LogP contribution in [0, 0.1) is 11.8 Å². The van der Waals surface area contributed by atoms with Crippen LogP contribution < -0.4 is 15.4 Å². The van der Waals surface area contributed by atoms with Gasteiger partial charge in [0.15, 0.2) is 5.50 Å². The predicted octanol–water partition coefficient (Wildman–Crippen LogP) is 3.18. The van der Waals surface area contributed by atoms with Gasteiger partial charge >= 0.3 is 0 Å². The minimum absolute atomic E-state index is 0.144. The van der Waals surface area contributed by atoms with Crippen molar-refractivity contribution in [2.75, 3.05) is 7.11 Å². The number of aromatic nitrogens is 2. The summed E-state index contributed by atoms with van der Waals surface area (Å²) in [5.74, 6) is 6.82. The molecule has 0 spiro atoms. The number of allylic oxidation sites excluding steroid dienone is 1. The van der Waals surface area contributed by atoms with Gasteiger partial charge < -0.3 is 19.9 Å². The molecule has 0 fully saturated rings. The van der Waals surface area contributed by atoms with Gasteiger partial charge in [-0.1, -0.05) is 23.7 Å². The molecular weight excluding hydrogens is 396 g/mol. The van der Waals surface area contributed by atoms with Gasteiger partial charge in [0.1, 0.15) is 11.4 Å². The zero-order chi connectivity index (χ0) is 20.8. The largest absolute Gasteiger partial charge is 0.497 e. The lowest BCUT2D eigenvalue weighted by Gasteiger charge is -2.15. The van der Waals surface area contributed by atoms with E-state index in [4.69, 9.17) is 4.74 Å². The van der Waals surface area contributed by atoms with Crippen molar-refractivity contribution in [3.05, 3.63) is 95.0 Å². The van der Waals surface area contributed by atoms with E-state index in [9.17, 15) is 4.79 Å². The van der Waals surface area contributed by atoms with Crippen LogP contribution in [0.2, 0.25) is 0 Å². The molecule has 4 rings (SSSR count). The number of benzene rings is 1. The lowest BCUT2D eigenvalue weighted by Crippen LogP contribution is -2.40. The Labute approximate surface area is 179 Å². The van der Waals surface area contributed by atoms with E-state index in [1.807, 2.05) is 64.7 Å². The van der Waals surface area contributed by atoms with E-state index < -0.39 is 0 Å². The van der Waals surface area contributed by atoms with Crippen LogP contribution >= 0.6 is 11.8 Å². The second-order valence-electron chi connectivity index (χ2n) is 6.52. The van der Waals surface area contributed by atoms with Crippen molar-refractivity contribution in [2.45, 2.75) is 12.0 Å². The van der Waals surface area contributed by atoms with Crippen LogP contribution in [0.25, 0.3) is 0 Å². The van der Waals surface area contributed by atoms with E-state index in [2.05, 4.69) is 27.5 Å². The maximum Gasteiger partial charge on any atom is 0.270 e. The Morgan fingerprint density at radius 1 is 1.23 bits per heavy atom. The predicted molar refractivity (Wildman–Crippen MR) is 118 cm³/mol. The normalized spacial score (nSPS) is 14.8. The molecule has 1 unspecified atom stereocenters. The molecule has 0 saturated heterocycles. The third-order valence-corrected chi connectivity index (χ3v) is 5.33. The Bertz CT molecular complexity index is 1130. The van der Waals surface area contributed by atoms with Gasteiger partial charge in [-0.15, -0.1) is 0 Å². The summed E-state index contributed by atoms with van der Waals surface area (Å²) in [7, 11) is 1.63. The molecule has 0 saturated carbocycles. The second kappa shape index (κ2) is 9.25. The van der Waals surface area contributed by atoms with Gasteiger partial charge in [-0.2, -0.15) is 0 Å². The van der Waals surface area contributed by atoms with Crippen molar-refractivity contribution in [2.24, 2.45) is 0 Å². The molecule has 1 aromatic carbocycles. The number of pyridine rings is 1. The first kappa shape index (κ1) is 19.7. The van der Waals surface area contributed by atoms with Crippen LogP contribution in [0.5, 0.6) is 5.75 Å². The fourth-order valence-corrected chi connectivity index (χ4v) is 3.73. The summed E-state index contributed by atoms with van der Waals surface area (Å²) in [6.45, 7) is 0.610. The number of thioether (sulfide) groups is 1. The molecule has 2 N–H and O–H groups in total. The van der Waals surface area contributed by atoms with Crippen LogP contribution in [-0.2, 0) is 6.54 Å². The Hall–Kier alpha value is -3.63. The van der Waals surface area contributed by atoms with Crippen molar-refractivity contribution in [3.63, 3.8) is 0 Å². The number of nitrogens with zero attached hydrogens (tertiary/aromatic N) is 2. The van der Waals surface area contributed by atoms with Crippen molar-refractivity contribution in [1.29, 1.82) is 0 Å². The minimum atomic E-state index is -0.267. The topological polar surface area (TPSA) is 68.2 Å². The summed E-state index contributed by atoms with van der Waals surface area (Å²) in [5, 5.41) is 8.13. The fourth-order valence-electron chi connectivity index (χ4n) is 2.96. The molecule has 3 heterocycles. The molecule has 1 aliphatic rings. The molecule has 3 aromatic rings. The van der Waals surface area contributed by atoms with Crippen LogP contribution in [-0.4, -0.2) is 28.1 Å². The number of ether oxygens (including phenoxy) is 1. The van der Waals surface area contributed by atoms with E-state index in [0.717, 1.165) is 22.6 Å². The van der Waals surface area contributed by atoms with E-state index in [0.29, 0.717) is 12.2 Å². The second-order valence-corrected chi connectivity index (χ2v) is 7.50. The number of carbonyl (C=O) groups excluding carboxylic acids is 1. The van der Waals surface area contributed by atoms with Gasteiger partial charge in [-0.25, -0.2) is 0 Å². The highest BCUT2D eigenvalue weighted by Crippen LogP contribution is 2.19. The first-order chi connectivity index (χ1) is 14.7. The van der Waals surface area contributed by atoms with Crippen molar-refractivity contribution in [1.82, 2.24) is 20.2 Å². The molecular formula is C23H20N4O2S. The summed E-state index contributed by atoms with van der Waals surface area (Å²) >= 11 is 1.48. The molecule has 0 aliphatic carbocycles. The van der Waals surface area contributed by atoms with Crippen LogP contribution in [0.4, 0.5) is 0 Å². The molecule has 1 amide bonds. The van der Waals surface area contributed by atoms with E-state index in [1.54, 1.807) is 19.5 Å². The summed E-state index contributed by atoms with van der Waals surface area (Å²) < 4.78 is 7.13. The Morgan fingerprint density at radius 2 is 2.10 bits per heavy atom. The van der Waals surface area contributed by atoms with Crippen LogP contribution in [0.3, 0.4) is 0 Å². The van der Waals surface area contributed by atoms with Gasteiger partial charge in [0.2, 0.25) is 0 Å². The maximum atomic E-state index is 12.8. The highest BCUT2D eigenvalue weighted by atomic mass is 32.2. The molecule has 2 aromatic heterocycles. The SMILES string of the molecule is COc1cccc(C#CC2=CSC(NC(=O)c3cccn3Cc3ccncc3)N2)c1. The Morgan fingerprint density at radius 3 is 2.93 bits per heavy atom. The molecule has 6 nitrogen and oxygen atoms in total. The minimum Gasteiger partial charge on any atom is -0.497 e. The number of rotatable bonds is 5. The number of methoxy groups -OCH3 is 1. The number of hydrogen-bond acceptors (Lipinski definition) is 5. The first-order valence-electron chi connectivity index (χ1n) is 9.34. The monoisotopic (exact) mass is 416 g/mol. The van der Waals surface area contributed by atoms with Crippen LogP contribution in [0.15, 0.2) is 78.2 Å². The standard InChI is InChI=1S/C23H20N4O2S/c1-29-20-5-2-4-17(14-20)7-8-19-16-30-23(25-19)26-22(28)21-6-3-13-27(21)15-18-9-11-24-12-10-18/h2-6,9-14,16,23,25H,15H2,1H3,(H,26,28). The number of hydrogen-bond donors (Lipinski definition) is 2. The fraction of sp³-hybridized carbons (Fsp3) is 0.130. The zero-order valence-corrected chi connectivity index (χ0v) is 17.1. The lowest BCUT2D eigenvalue weighted by molar-refractivity contribution is 0.0938. The smallest absolute Gasteiger partial charge is 0.270 e. The van der Waals surface area contributed by atoms with Gasteiger partial charge in [0, 0.05) is 36.1 Å². The molecule has 0 radical (unpaired) electrons. The summed E-state index contributed by atoms with van der Waals surface area (Å²) in [5.41, 5.74) is 3.05. The van der Waals surface area contributed by atoms with Crippen molar-refractivity contribution in [3.8, 4) is 17.6 Å². The maximum absolute atomic E-state index is 12.8. The number of carbonyl (C=O) groups is 1. The van der Waals surface area contributed by atoms with Gasteiger partial charge in [-0.3, -0.25) is 9.78 Å². The summed E-state index contributed by atoms with van der Waals surface area (Å²) in [6, 6.07) is 15.1. The van der Waals surface area contributed by atoms with Crippen LogP contribution in [0.1, 0.15) is 21.6 Å². The third kappa shape index (κ3) is 4.85. The van der Waals surface area contributed by atoms with E-state index in [1.165, 1.54) is 11.8 Å². The highest BCUT2D eigenvalue weighted by Gasteiger charge is 2.20. The number of amides is 1. The van der Waals surface area contributed by atoms with Crippen molar-refractivity contribution < 1.29 is 9.53 Å². The number of nitrogens with one attached hydrogen (secondary N) is 2.